The number of hydrogen-bond acceptors (Lipinski definition) is 2. The van der Waals surface area contributed by atoms with E-state index in [0.717, 1.165) is 12.8 Å². The Morgan fingerprint density at radius 1 is 0.826 bits per heavy atom. The fraction of sp³-hybridized carbons (Fsp3) is 1.00. The molecular formula is C20H44O2Si. The lowest BCUT2D eigenvalue weighted by atomic mass is 10.0. The van der Waals surface area contributed by atoms with Crippen LogP contribution in [0, 0.1) is 0 Å². The summed E-state index contributed by atoms with van der Waals surface area (Å²) in [6, 6.07) is 0. The van der Waals surface area contributed by atoms with E-state index in [1.807, 2.05) is 0 Å². The molecule has 0 heterocycles. The summed E-state index contributed by atoms with van der Waals surface area (Å²) in [7, 11) is -1.71. The maximum atomic E-state index is 9.32. The molecule has 0 aromatic rings. The van der Waals surface area contributed by atoms with Gasteiger partial charge in [-0.05, 0) is 31.0 Å². The minimum Gasteiger partial charge on any atom is -0.414 e. The molecule has 0 bridgehead atoms. The van der Waals surface area contributed by atoms with Gasteiger partial charge in [0.05, 0.1) is 0 Å². The summed E-state index contributed by atoms with van der Waals surface area (Å²) in [5, 5.41) is 9.56. The largest absolute Gasteiger partial charge is 0.414 e. The average molecular weight is 345 g/mol. The summed E-state index contributed by atoms with van der Waals surface area (Å²) in [6.07, 6.45) is 14.4. The van der Waals surface area contributed by atoms with Crippen molar-refractivity contribution in [1.29, 1.82) is 0 Å². The van der Waals surface area contributed by atoms with Crippen molar-refractivity contribution in [3.05, 3.63) is 0 Å². The summed E-state index contributed by atoms with van der Waals surface area (Å²) in [5.41, 5.74) is 0. The highest BCUT2D eigenvalue weighted by molar-refractivity contribution is 6.74. The Bertz CT molecular complexity index is 271. The molecule has 0 aliphatic heterocycles. The fourth-order valence-corrected chi connectivity index (χ4v) is 4.10. The molecule has 23 heavy (non-hydrogen) atoms. The molecule has 140 valence electrons. The summed E-state index contributed by atoms with van der Waals surface area (Å²) in [5.74, 6) is 0. The Labute approximate surface area is 147 Å². The van der Waals surface area contributed by atoms with Crippen LogP contribution in [-0.2, 0) is 4.43 Å². The highest BCUT2D eigenvalue weighted by Gasteiger charge is 2.38. The summed E-state index contributed by atoms with van der Waals surface area (Å²) in [6.45, 7) is 14.0. The number of aliphatic hydroxyl groups excluding tert-OH is 1. The minimum absolute atomic E-state index is 0.247. The van der Waals surface area contributed by atoms with Gasteiger partial charge in [-0.3, -0.25) is 0 Å². The van der Waals surface area contributed by atoms with Crippen molar-refractivity contribution in [2.24, 2.45) is 0 Å². The van der Waals surface area contributed by atoms with Crippen molar-refractivity contribution in [2.45, 2.75) is 123 Å². The second-order valence-electron chi connectivity index (χ2n) is 8.63. The van der Waals surface area contributed by atoms with E-state index in [-0.39, 0.29) is 17.7 Å². The number of rotatable bonds is 14. The van der Waals surface area contributed by atoms with E-state index in [1.54, 1.807) is 0 Å². The number of unbranched alkanes of at least 4 members (excludes halogenated alkanes) is 8. The van der Waals surface area contributed by atoms with Crippen molar-refractivity contribution in [3.8, 4) is 0 Å². The van der Waals surface area contributed by atoms with Crippen molar-refractivity contribution in [2.75, 3.05) is 6.61 Å². The van der Waals surface area contributed by atoms with Crippen LogP contribution in [0.3, 0.4) is 0 Å². The average Bonchev–Trinajstić information content (AvgIpc) is 2.44. The van der Waals surface area contributed by atoms with Gasteiger partial charge in [0.1, 0.15) is 0 Å². The molecule has 0 radical (unpaired) electrons. The zero-order chi connectivity index (χ0) is 17.8. The van der Waals surface area contributed by atoms with E-state index in [0.29, 0.717) is 0 Å². The van der Waals surface area contributed by atoms with Crippen LogP contribution in [0.1, 0.15) is 98.3 Å². The van der Waals surface area contributed by atoms with Crippen LogP contribution in [0.25, 0.3) is 0 Å². The van der Waals surface area contributed by atoms with E-state index in [4.69, 9.17) is 4.43 Å². The highest BCUT2D eigenvalue weighted by atomic mass is 28.4. The van der Waals surface area contributed by atoms with Gasteiger partial charge in [-0.2, -0.15) is 0 Å². The maximum absolute atomic E-state index is 9.32. The first-order valence-electron chi connectivity index (χ1n) is 10.0. The molecule has 0 amide bonds. The standard InChI is InChI=1S/C20H44O2Si/c1-7-8-9-10-11-12-13-14-15-16-19(17-18-21)22-23(5,6)20(2,3)4/h19,21H,7-18H2,1-6H3/t19-/m1/s1. The smallest absolute Gasteiger partial charge is 0.192 e. The molecule has 0 saturated carbocycles. The first-order chi connectivity index (χ1) is 10.7. The zero-order valence-corrected chi connectivity index (χ0v) is 17.9. The molecule has 0 unspecified atom stereocenters. The molecule has 0 aromatic heterocycles. The Morgan fingerprint density at radius 2 is 1.30 bits per heavy atom. The minimum atomic E-state index is -1.71. The Hall–Kier alpha value is 0.137. The van der Waals surface area contributed by atoms with Crippen molar-refractivity contribution in [1.82, 2.24) is 0 Å². The predicted octanol–water partition coefficient (Wildman–Crippen LogP) is 6.68. The van der Waals surface area contributed by atoms with Crippen LogP contribution < -0.4 is 0 Å². The van der Waals surface area contributed by atoms with Gasteiger partial charge in [0.15, 0.2) is 8.32 Å². The van der Waals surface area contributed by atoms with Gasteiger partial charge in [0.25, 0.3) is 0 Å². The van der Waals surface area contributed by atoms with Crippen LogP contribution >= 0.6 is 0 Å². The lowest BCUT2D eigenvalue weighted by Crippen LogP contribution is -2.44. The summed E-state index contributed by atoms with van der Waals surface area (Å²) < 4.78 is 6.49. The lowest BCUT2D eigenvalue weighted by Gasteiger charge is -2.39. The highest BCUT2D eigenvalue weighted by Crippen LogP contribution is 2.38. The Balaban J connectivity index is 3.89. The molecule has 0 saturated heterocycles. The van der Waals surface area contributed by atoms with Gasteiger partial charge >= 0.3 is 0 Å². The van der Waals surface area contributed by atoms with Gasteiger partial charge in [-0.1, -0.05) is 85.5 Å². The van der Waals surface area contributed by atoms with Gasteiger partial charge in [0, 0.05) is 12.7 Å². The van der Waals surface area contributed by atoms with Gasteiger partial charge in [-0.15, -0.1) is 0 Å². The normalized spacial score (nSPS) is 14.2. The van der Waals surface area contributed by atoms with Gasteiger partial charge in [-0.25, -0.2) is 0 Å². The molecule has 1 N–H and O–H groups in total. The van der Waals surface area contributed by atoms with E-state index < -0.39 is 8.32 Å². The molecule has 0 aromatic carbocycles. The summed E-state index contributed by atoms with van der Waals surface area (Å²) in [4.78, 5) is 0. The molecule has 1 atom stereocenters. The molecule has 3 heteroatoms. The van der Waals surface area contributed by atoms with Crippen LogP contribution in [0.5, 0.6) is 0 Å². The van der Waals surface area contributed by atoms with Crippen LogP contribution in [0.15, 0.2) is 0 Å². The SMILES string of the molecule is CCCCCCCCCCC[C@H](CCO)O[Si](C)(C)C(C)(C)C. The fourth-order valence-electron chi connectivity index (χ4n) is 2.68. The molecule has 2 nitrogen and oxygen atoms in total. The van der Waals surface area contributed by atoms with Crippen LogP contribution in [0.4, 0.5) is 0 Å². The van der Waals surface area contributed by atoms with Crippen LogP contribution in [-0.4, -0.2) is 26.1 Å². The second-order valence-corrected chi connectivity index (χ2v) is 13.4. The van der Waals surface area contributed by atoms with E-state index in [9.17, 15) is 5.11 Å². The first kappa shape index (κ1) is 23.1. The number of hydrogen-bond donors (Lipinski definition) is 1. The van der Waals surface area contributed by atoms with Crippen LogP contribution in [0.2, 0.25) is 18.1 Å². The molecule has 0 spiro atoms. The molecule has 0 aliphatic carbocycles. The third kappa shape index (κ3) is 11.3. The molecule has 0 fully saturated rings. The molecule has 0 aliphatic rings. The van der Waals surface area contributed by atoms with Crippen molar-refractivity contribution in [3.63, 3.8) is 0 Å². The predicted molar refractivity (Wildman–Crippen MR) is 106 cm³/mol. The zero-order valence-electron chi connectivity index (χ0n) is 16.9. The quantitative estimate of drug-likeness (QED) is 0.281. The van der Waals surface area contributed by atoms with Crippen molar-refractivity contribution >= 4 is 8.32 Å². The Morgan fingerprint density at radius 3 is 1.74 bits per heavy atom. The second kappa shape index (κ2) is 12.5. The van der Waals surface area contributed by atoms with Gasteiger partial charge in [0.2, 0.25) is 0 Å². The third-order valence-electron chi connectivity index (χ3n) is 5.35. The maximum Gasteiger partial charge on any atom is 0.192 e. The van der Waals surface area contributed by atoms with Crippen molar-refractivity contribution < 1.29 is 9.53 Å². The lowest BCUT2D eigenvalue weighted by molar-refractivity contribution is 0.129. The van der Waals surface area contributed by atoms with E-state index in [1.165, 1.54) is 57.8 Å². The molecule has 0 rings (SSSR count). The third-order valence-corrected chi connectivity index (χ3v) is 9.88. The van der Waals surface area contributed by atoms with E-state index >= 15 is 0 Å². The Kier molecular flexibility index (Phi) is 12.6. The first-order valence-corrected chi connectivity index (χ1v) is 12.9. The topological polar surface area (TPSA) is 29.5 Å². The molecular weight excluding hydrogens is 300 g/mol. The number of aliphatic hydroxyl groups is 1. The van der Waals surface area contributed by atoms with E-state index in [2.05, 4.69) is 40.8 Å². The monoisotopic (exact) mass is 344 g/mol. The summed E-state index contributed by atoms with van der Waals surface area (Å²) >= 11 is 0. The van der Waals surface area contributed by atoms with Gasteiger partial charge < -0.3 is 9.53 Å².